The summed E-state index contributed by atoms with van der Waals surface area (Å²) in [6, 6.07) is 22.2. The Morgan fingerprint density at radius 1 is 1.00 bits per heavy atom. The van der Waals surface area contributed by atoms with Crippen molar-refractivity contribution in [2.45, 2.75) is 31.5 Å². The molecule has 31 heavy (non-hydrogen) atoms. The average Bonchev–Trinajstić information content (AvgIpc) is 3.27. The predicted octanol–water partition coefficient (Wildman–Crippen LogP) is 6.21. The highest BCUT2D eigenvalue weighted by molar-refractivity contribution is 6.42. The third kappa shape index (κ3) is 4.72. The second-order valence-electron chi connectivity index (χ2n) is 7.59. The van der Waals surface area contributed by atoms with Crippen LogP contribution in [0.2, 0.25) is 10.0 Å². The van der Waals surface area contributed by atoms with Crippen molar-refractivity contribution in [2.24, 2.45) is 0 Å². The fraction of sp³-hybridized carbons (Fsp3) is 0.240. The quantitative estimate of drug-likeness (QED) is 0.459. The number of aliphatic carboxylic acids is 1. The molecule has 2 unspecified atom stereocenters. The first-order valence-electron chi connectivity index (χ1n) is 10.2. The normalized spacial score (nSPS) is 17.4. The molecule has 0 saturated carbocycles. The number of para-hydroxylation sites is 1. The van der Waals surface area contributed by atoms with Crippen LogP contribution >= 0.6 is 23.2 Å². The van der Waals surface area contributed by atoms with Crippen molar-refractivity contribution in [3.8, 4) is 5.75 Å². The van der Waals surface area contributed by atoms with E-state index in [1.165, 1.54) is 0 Å². The van der Waals surface area contributed by atoms with Gasteiger partial charge in [0.25, 0.3) is 0 Å². The van der Waals surface area contributed by atoms with Crippen molar-refractivity contribution in [3.63, 3.8) is 0 Å². The van der Waals surface area contributed by atoms with E-state index in [-0.39, 0.29) is 6.04 Å². The van der Waals surface area contributed by atoms with Crippen molar-refractivity contribution in [1.82, 2.24) is 4.90 Å². The van der Waals surface area contributed by atoms with Crippen LogP contribution in [-0.4, -0.2) is 28.6 Å². The first kappa shape index (κ1) is 21.7. The van der Waals surface area contributed by atoms with Crippen molar-refractivity contribution in [3.05, 3.63) is 99.5 Å². The minimum Gasteiger partial charge on any atom is -0.489 e. The molecule has 160 valence electrons. The van der Waals surface area contributed by atoms with Crippen LogP contribution in [0.25, 0.3) is 0 Å². The lowest BCUT2D eigenvalue weighted by molar-refractivity contribution is -0.142. The molecular formula is C25H23Cl2NO3. The molecule has 1 fully saturated rings. The number of halogens is 2. The molecule has 0 spiro atoms. The minimum absolute atomic E-state index is 0.387. The first-order chi connectivity index (χ1) is 15.1. The van der Waals surface area contributed by atoms with Gasteiger partial charge in [0.1, 0.15) is 18.4 Å². The van der Waals surface area contributed by atoms with Crippen LogP contribution in [0.15, 0.2) is 72.8 Å². The predicted molar refractivity (Wildman–Crippen MR) is 123 cm³/mol. The third-order valence-corrected chi connectivity index (χ3v) is 6.47. The van der Waals surface area contributed by atoms with Gasteiger partial charge in [0, 0.05) is 12.1 Å². The molecule has 0 aliphatic carbocycles. The number of carboxylic acid groups (broad SMARTS) is 1. The summed E-state index contributed by atoms with van der Waals surface area (Å²) in [5.41, 5.74) is 2.70. The zero-order valence-corrected chi connectivity index (χ0v) is 18.4. The Balaban J connectivity index is 1.77. The number of benzene rings is 3. The molecule has 0 bridgehead atoms. The Morgan fingerprint density at radius 3 is 2.48 bits per heavy atom. The van der Waals surface area contributed by atoms with Crippen LogP contribution in [0.4, 0.5) is 0 Å². The van der Waals surface area contributed by atoms with Gasteiger partial charge in [0.05, 0.1) is 16.1 Å². The highest BCUT2D eigenvalue weighted by Gasteiger charge is 2.38. The lowest BCUT2D eigenvalue weighted by atomic mass is 9.95. The van der Waals surface area contributed by atoms with Crippen molar-refractivity contribution >= 4 is 29.2 Å². The van der Waals surface area contributed by atoms with Crippen LogP contribution in [0.1, 0.15) is 35.6 Å². The lowest BCUT2D eigenvalue weighted by Gasteiger charge is -2.33. The number of ether oxygens (including phenoxy) is 1. The highest BCUT2D eigenvalue weighted by Crippen LogP contribution is 2.43. The maximum Gasteiger partial charge on any atom is 0.320 e. The van der Waals surface area contributed by atoms with Gasteiger partial charge in [0.2, 0.25) is 0 Å². The van der Waals surface area contributed by atoms with Gasteiger partial charge in [-0.2, -0.15) is 0 Å². The Bertz CT molecular complexity index is 1060. The molecule has 1 heterocycles. The molecule has 4 nitrogen and oxygen atoms in total. The Labute approximate surface area is 192 Å². The van der Waals surface area contributed by atoms with Crippen LogP contribution in [0.5, 0.6) is 5.75 Å². The SMILES string of the molecule is O=C(O)C1CCCN1C(c1ccccc1OCc1ccccc1)c1cccc(Cl)c1Cl. The highest BCUT2D eigenvalue weighted by atomic mass is 35.5. The minimum atomic E-state index is -0.830. The summed E-state index contributed by atoms with van der Waals surface area (Å²) in [5, 5.41) is 10.7. The Morgan fingerprint density at radius 2 is 1.71 bits per heavy atom. The van der Waals surface area contributed by atoms with E-state index in [0.29, 0.717) is 35.4 Å². The Kier molecular flexibility index (Phi) is 6.81. The molecule has 1 aliphatic rings. The third-order valence-electron chi connectivity index (χ3n) is 5.64. The summed E-state index contributed by atoms with van der Waals surface area (Å²) in [6.45, 7) is 1.06. The van der Waals surface area contributed by atoms with Gasteiger partial charge in [-0.25, -0.2) is 0 Å². The van der Waals surface area contributed by atoms with E-state index in [9.17, 15) is 9.90 Å². The van der Waals surface area contributed by atoms with Crippen LogP contribution in [0.3, 0.4) is 0 Å². The summed E-state index contributed by atoms with van der Waals surface area (Å²) < 4.78 is 6.20. The topological polar surface area (TPSA) is 49.8 Å². The molecule has 2 atom stereocenters. The van der Waals surface area contributed by atoms with E-state index in [4.69, 9.17) is 27.9 Å². The molecular weight excluding hydrogens is 433 g/mol. The van der Waals surface area contributed by atoms with Crippen LogP contribution < -0.4 is 4.74 Å². The monoisotopic (exact) mass is 455 g/mol. The lowest BCUT2D eigenvalue weighted by Crippen LogP contribution is -2.39. The van der Waals surface area contributed by atoms with Gasteiger partial charge in [-0.05, 0) is 36.1 Å². The maximum atomic E-state index is 12.0. The summed E-state index contributed by atoms with van der Waals surface area (Å²) >= 11 is 13.0. The number of rotatable bonds is 7. The van der Waals surface area contributed by atoms with E-state index in [1.807, 2.05) is 71.6 Å². The second-order valence-corrected chi connectivity index (χ2v) is 8.38. The standard InChI is InChI=1S/C25H23Cl2NO3/c26-20-12-6-11-19(23(20)27)24(28-15-7-13-21(28)25(29)30)18-10-4-5-14-22(18)31-16-17-8-2-1-3-9-17/h1-6,8-12,14,21,24H,7,13,15-16H2,(H,29,30). The molecule has 1 saturated heterocycles. The van der Waals surface area contributed by atoms with Gasteiger partial charge >= 0.3 is 5.97 Å². The Hall–Kier alpha value is -2.53. The van der Waals surface area contributed by atoms with E-state index in [2.05, 4.69) is 0 Å². The number of carboxylic acids is 1. The van der Waals surface area contributed by atoms with Gasteiger partial charge in [-0.15, -0.1) is 0 Å². The molecule has 4 rings (SSSR count). The van der Waals surface area contributed by atoms with Crippen LogP contribution in [0, 0.1) is 0 Å². The fourth-order valence-corrected chi connectivity index (χ4v) is 4.60. The molecule has 3 aromatic rings. The van der Waals surface area contributed by atoms with Gasteiger partial charge in [-0.3, -0.25) is 9.69 Å². The number of nitrogens with zero attached hydrogens (tertiary/aromatic N) is 1. The van der Waals surface area contributed by atoms with Crippen molar-refractivity contribution < 1.29 is 14.6 Å². The summed E-state index contributed by atoms with van der Waals surface area (Å²) in [4.78, 5) is 14.0. The van der Waals surface area contributed by atoms with Gasteiger partial charge in [0.15, 0.2) is 0 Å². The summed E-state index contributed by atoms with van der Waals surface area (Å²) in [6.07, 6.45) is 1.40. The van der Waals surface area contributed by atoms with Gasteiger partial charge in [-0.1, -0.05) is 83.9 Å². The molecule has 0 aromatic heterocycles. The smallest absolute Gasteiger partial charge is 0.320 e. The molecule has 3 aromatic carbocycles. The average molecular weight is 456 g/mol. The first-order valence-corrected chi connectivity index (χ1v) is 11.0. The molecule has 1 N–H and O–H groups in total. The number of hydrogen-bond acceptors (Lipinski definition) is 3. The zero-order valence-electron chi connectivity index (χ0n) is 16.9. The zero-order chi connectivity index (χ0) is 21.8. The van der Waals surface area contributed by atoms with E-state index >= 15 is 0 Å². The van der Waals surface area contributed by atoms with E-state index < -0.39 is 12.0 Å². The van der Waals surface area contributed by atoms with E-state index in [0.717, 1.165) is 23.1 Å². The fourth-order valence-electron chi connectivity index (χ4n) is 4.19. The molecule has 0 amide bonds. The van der Waals surface area contributed by atoms with Crippen LogP contribution in [-0.2, 0) is 11.4 Å². The maximum absolute atomic E-state index is 12.0. The summed E-state index contributed by atoms with van der Waals surface area (Å²) in [7, 11) is 0. The molecule has 6 heteroatoms. The summed E-state index contributed by atoms with van der Waals surface area (Å²) in [5.74, 6) is -0.133. The van der Waals surface area contributed by atoms with Crippen molar-refractivity contribution in [1.29, 1.82) is 0 Å². The number of carbonyl (C=O) groups is 1. The molecule has 1 aliphatic heterocycles. The van der Waals surface area contributed by atoms with Crippen molar-refractivity contribution in [2.75, 3.05) is 6.54 Å². The largest absolute Gasteiger partial charge is 0.489 e. The van der Waals surface area contributed by atoms with E-state index in [1.54, 1.807) is 6.07 Å². The number of likely N-dealkylation sites (tertiary alicyclic amines) is 1. The molecule has 0 radical (unpaired) electrons. The van der Waals surface area contributed by atoms with Gasteiger partial charge < -0.3 is 9.84 Å². The number of hydrogen-bond donors (Lipinski definition) is 1. The second kappa shape index (κ2) is 9.73.